The Morgan fingerprint density at radius 3 is 3.28 bits per heavy atom. The summed E-state index contributed by atoms with van der Waals surface area (Å²) in [6, 6.07) is 5.06. The van der Waals surface area contributed by atoms with E-state index in [0.29, 0.717) is 31.0 Å². The molecule has 18 heavy (non-hydrogen) atoms. The fourth-order valence-electron chi connectivity index (χ4n) is 1.90. The second kappa shape index (κ2) is 4.75. The summed E-state index contributed by atoms with van der Waals surface area (Å²) in [5, 5.41) is 5.92. The van der Waals surface area contributed by atoms with Gasteiger partial charge in [0.2, 0.25) is 5.91 Å². The van der Waals surface area contributed by atoms with E-state index in [2.05, 4.69) is 15.6 Å². The molecule has 1 fully saturated rings. The van der Waals surface area contributed by atoms with Crippen molar-refractivity contribution >= 4 is 22.7 Å². The normalized spacial score (nSPS) is 19.9. The van der Waals surface area contributed by atoms with Crippen LogP contribution in [0.4, 0.5) is 5.69 Å². The summed E-state index contributed by atoms with van der Waals surface area (Å²) >= 11 is 0. The van der Waals surface area contributed by atoms with E-state index < -0.39 is 0 Å². The molecular formula is C12H13N3O3. The molecule has 0 spiro atoms. The summed E-state index contributed by atoms with van der Waals surface area (Å²) < 4.78 is 10.4. The third-order valence-corrected chi connectivity index (χ3v) is 2.84. The summed E-state index contributed by atoms with van der Waals surface area (Å²) in [6.07, 6.45) is 1.38. The van der Waals surface area contributed by atoms with Crippen LogP contribution in [0.3, 0.4) is 0 Å². The molecule has 6 heteroatoms. The summed E-state index contributed by atoms with van der Waals surface area (Å²) in [6.45, 7) is 1.74. The van der Waals surface area contributed by atoms with Gasteiger partial charge in [0, 0.05) is 18.3 Å². The van der Waals surface area contributed by atoms with E-state index in [-0.39, 0.29) is 11.9 Å². The molecule has 1 aliphatic rings. The molecule has 1 unspecified atom stereocenters. The van der Waals surface area contributed by atoms with Gasteiger partial charge in [0.25, 0.3) is 0 Å². The second-order valence-electron chi connectivity index (χ2n) is 4.11. The van der Waals surface area contributed by atoms with Crippen LogP contribution in [0.25, 0.3) is 11.1 Å². The molecule has 1 aromatic heterocycles. The number of nitrogens with zero attached hydrogens (tertiary/aromatic N) is 1. The molecule has 1 amide bonds. The zero-order valence-corrected chi connectivity index (χ0v) is 9.68. The highest BCUT2D eigenvalue weighted by atomic mass is 16.5. The van der Waals surface area contributed by atoms with Gasteiger partial charge >= 0.3 is 0 Å². The van der Waals surface area contributed by atoms with Crippen molar-refractivity contribution < 1.29 is 13.9 Å². The molecule has 0 radical (unpaired) electrons. The van der Waals surface area contributed by atoms with Crippen LogP contribution >= 0.6 is 0 Å². The van der Waals surface area contributed by atoms with E-state index in [1.165, 1.54) is 6.39 Å². The number of anilines is 1. The summed E-state index contributed by atoms with van der Waals surface area (Å²) in [5.41, 5.74) is 2.12. The number of hydrogen-bond donors (Lipinski definition) is 2. The van der Waals surface area contributed by atoms with Gasteiger partial charge in [0.15, 0.2) is 12.0 Å². The number of hydrogen-bond acceptors (Lipinski definition) is 5. The number of ether oxygens (including phenoxy) is 1. The first kappa shape index (κ1) is 11.2. The molecular weight excluding hydrogens is 234 g/mol. The van der Waals surface area contributed by atoms with E-state index in [4.69, 9.17) is 9.15 Å². The van der Waals surface area contributed by atoms with Crippen LogP contribution in [-0.4, -0.2) is 36.7 Å². The van der Waals surface area contributed by atoms with Crippen molar-refractivity contribution in [3.05, 3.63) is 24.6 Å². The van der Waals surface area contributed by atoms with Crippen LogP contribution in [-0.2, 0) is 9.53 Å². The molecule has 1 saturated heterocycles. The van der Waals surface area contributed by atoms with Gasteiger partial charge in [-0.05, 0) is 12.1 Å². The quantitative estimate of drug-likeness (QED) is 0.819. The molecule has 0 bridgehead atoms. The zero-order chi connectivity index (χ0) is 12.4. The molecule has 1 aromatic carbocycles. The second-order valence-corrected chi connectivity index (χ2v) is 4.11. The molecule has 1 atom stereocenters. The van der Waals surface area contributed by atoms with Crippen molar-refractivity contribution in [2.24, 2.45) is 0 Å². The lowest BCUT2D eigenvalue weighted by Crippen LogP contribution is -2.48. The lowest BCUT2D eigenvalue weighted by atomic mass is 10.2. The number of carbonyl (C=O) groups excluding carboxylic acids is 1. The molecule has 94 valence electrons. The molecule has 2 N–H and O–H groups in total. The first-order valence-corrected chi connectivity index (χ1v) is 5.78. The Morgan fingerprint density at radius 1 is 1.50 bits per heavy atom. The highest BCUT2D eigenvalue weighted by Crippen LogP contribution is 2.17. The number of fused-ring (bicyclic) bond motifs is 1. The first-order valence-electron chi connectivity index (χ1n) is 5.78. The highest BCUT2D eigenvalue weighted by Gasteiger charge is 2.21. The lowest BCUT2D eigenvalue weighted by Gasteiger charge is -2.22. The molecule has 0 saturated carbocycles. The Kier molecular flexibility index (Phi) is 2.95. The average Bonchev–Trinajstić information content (AvgIpc) is 2.87. The minimum absolute atomic E-state index is 0.103. The van der Waals surface area contributed by atoms with Crippen LogP contribution < -0.4 is 10.6 Å². The number of carbonyl (C=O) groups is 1. The molecule has 0 aliphatic carbocycles. The molecule has 2 aromatic rings. The van der Waals surface area contributed by atoms with Gasteiger partial charge in [-0.2, -0.15) is 0 Å². The Hall–Kier alpha value is -1.92. The van der Waals surface area contributed by atoms with Gasteiger partial charge in [0.1, 0.15) is 11.6 Å². The maximum absolute atomic E-state index is 11.9. The Balaban J connectivity index is 1.72. The topological polar surface area (TPSA) is 76.4 Å². The smallest absolute Gasteiger partial charge is 0.243 e. The van der Waals surface area contributed by atoms with Crippen LogP contribution in [0.5, 0.6) is 0 Å². The van der Waals surface area contributed by atoms with Gasteiger partial charge in [-0.3, -0.25) is 4.79 Å². The molecule has 3 rings (SSSR count). The maximum Gasteiger partial charge on any atom is 0.243 e. The van der Waals surface area contributed by atoms with Gasteiger partial charge in [-0.15, -0.1) is 0 Å². The maximum atomic E-state index is 11.9. The number of nitrogens with one attached hydrogen (secondary N) is 2. The average molecular weight is 247 g/mol. The van der Waals surface area contributed by atoms with Crippen LogP contribution in [0.1, 0.15) is 0 Å². The predicted octanol–water partition coefficient (Wildman–Crippen LogP) is 0.755. The third kappa shape index (κ3) is 2.20. The van der Waals surface area contributed by atoms with Crippen molar-refractivity contribution in [1.29, 1.82) is 0 Å². The van der Waals surface area contributed by atoms with Crippen molar-refractivity contribution in [1.82, 2.24) is 10.3 Å². The number of morpholine rings is 1. The van der Waals surface area contributed by atoms with E-state index in [9.17, 15) is 4.79 Å². The number of benzene rings is 1. The Morgan fingerprint density at radius 2 is 2.44 bits per heavy atom. The summed E-state index contributed by atoms with van der Waals surface area (Å²) in [7, 11) is 0. The monoisotopic (exact) mass is 247 g/mol. The Labute approximate surface area is 103 Å². The number of amides is 1. The first-order chi connectivity index (χ1) is 8.83. The van der Waals surface area contributed by atoms with E-state index in [1.54, 1.807) is 18.2 Å². The van der Waals surface area contributed by atoms with E-state index in [0.717, 1.165) is 5.52 Å². The van der Waals surface area contributed by atoms with Gasteiger partial charge in [-0.1, -0.05) is 0 Å². The molecule has 1 aliphatic heterocycles. The summed E-state index contributed by atoms with van der Waals surface area (Å²) in [4.78, 5) is 16.0. The van der Waals surface area contributed by atoms with Crippen molar-refractivity contribution in [3.63, 3.8) is 0 Å². The number of rotatable bonds is 2. The van der Waals surface area contributed by atoms with Crippen molar-refractivity contribution in [2.75, 3.05) is 25.1 Å². The highest BCUT2D eigenvalue weighted by molar-refractivity contribution is 5.96. The lowest BCUT2D eigenvalue weighted by molar-refractivity contribution is -0.120. The van der Waals surface area contributed by atoms with Crippen LogP contribution in [0.15, 0.2) is 29.0 Å². The molecule has 6 nitrogen and oxygen atoms in total. The van der Waals surface area contributed by atoms with Crippen molar-refractivity contribution in [2.45, 2.75) is 6.04 Å². The zero-order valence-electron chi connectivity index (χ0n) is 9.68. The standard InChI is InChI=1S/C12H13N3O3/c16-12(10-6-17-4-3-13-10)15-8-1-2-9-11(5-8)18-7-14-9/h1-2,5,7,10,13H,3-4,6H2,(H,15,16). The van der Waals surface area contributed by atoms with Gasteiger partial charge in [0.05, 0.1) is 13.2 Å². The van der Waals surface area contributed by atoms with E-state index in [1.807, 2.05) is 0 Å². The summed E-state index contributed by atoms with van der Waals surface area (Å²) in [5.74, 6) is -0.103. The van der Waals surface area contributed by atoms with Gasteiger partial charge in [-0.25, -0.2) is 4.98 Å². The fraction of sp³-hybridized carbons (Fsp3) is 0.333. The fourth-order valence-corrected chi connectivity index (χ4v) is 1.90. The number of aromatic nitrogens is 1. The van der Waals surface area contributed by atoms with Gasteiger partial charge < -0.3 is 19.8 Å². The van der Waals surface area contributed by atoms with Crippen molar-refractivity contribution in [3.8, 4) is 0 Å². The minimum Gasteiger partial charge on any atom is -0.443 e. The minimum atomic E-state index is -0.302. The van der Waals surface area contributed by atoms with Crippen LogP contribution in [0.2, 0.25) is 0 Å². The van der Waals surface area contributed by atoms with E-state index >= 15 is 0 Å². The third-order valence-electron chi connectivity index (χ3n) is 2.84. The molecule has 2 heterocycles. The predicted molar refractivity (Wildman–Crippen MR) is 65.2 cm³/mol. The SMILES string of the molecule is O=C(Nc1ccc2ncoc2c1)C1COCCN1. The Bertz CT molecular complexity index is 560. The number of oxazole rings is 1. The largest absolute Gasteiger partial charge is 0.443 e. The van der Waals surface area contributed by atoms with Crippen LogP contribution in [0, 0.1) is 0 Å².